The number of rotatable bonds is 5. The Kier molecular flexibility index (Phi) is 5.11. The summed E-state index contributed by atoms with van der Waals surface area (Å²) in [5.74, 6) is -1.01. The predicted molar refractivity (Wildman–Crippen MR) is 83.3 cm³/mol. The van der Waals surface area contributed by atoms with Crippen molar-refractivity contribution in [1.29, 1.82) is 0 Å². The summed E-state index contributed by atoms with van der Waals surface area (Å²) in [6.45, 7) is 0.466. The molecule has 0 aliphatic rings. The Balaban J connectivity index is 1.91. The average molecular weight is 302 g/mol. The number of hydrogen-bond donors (Lipinski definition) is 3. The molecule has 3 N–H and O–H groups in total. The average Bonchev–Trinajstić information content (AvgIpc) is 2.97. The van der Waals surface area contributed by atoms with E-state index in [2.05, 4.69) is 10.6 Å². The molecule has 1 aromatic heterocycles. The van der Waals surface area contributed by atoms with Crippen molar-refractivity contribution in [3.8, 4) is 0 Å². The highest BCUT2D eigenvalue weighted by Gasteiger charge is 2.02. The second-order valence-electron chi connectivity index (χ2n) is 4.24. The molecule has 0 atom stereocenters. The fourth-order valence-electron chi connectivity index (χ4n) is 1.64. The number of aliphatic carboxylic acids is 1. The number of amides is 2. The SMILES string of the molecule is O=C(O)/C=C/c1cccc(NC(=O)NCc2ccsc2)c1. The largest absolute Gasteiger partial charge is 0.478 e. The van der Waals surface area contributed by atoms with Gasteiger partial charge in [0, 0.05) is 18.3 Å². The van der Waals surface area contributed by atoms with Gasteiger partial charge in [-0.3, -0.25) is 0 Å². The van der Waals surface area contributed by atoms with Crippen LogP contribution in [-0.2, 0) is 11.3 Å². The molecule has 0 unspecified atom stereocenters. The summed E-state index contributed by atoms with van der Waals surface area (Å²) in [6, 6.07) is 8.58. The van der Waals surface area contributed by atoms with Crippen molar-refractivity contribution in [3.05, 3.63) is 58.3 Å². The standard InChI is InChI=1S/C15H14N2O3S/c18-14(19)5-4-11-2-1-3-13(8-11)17-15(20)16-9-12-6-7-21-10-12/h1-8,10H,9H2,(H,18,19)(H2,16,17,20)/b5-4+. The van der Waals surface area contributed by atoms with Gasteiger partial charge in [-0.15, -0.1) is 0 Å². The Morgan fingerprint density at radius 2 is 2.14 bits per heavy atom. The molecule has 2 amide bonds. The maximum absolute atomic E-state index is 11.8. The molecule has 0 aliphatic carbocycles. The number of carbonyl (C=O) groups excluding carboxylic acids is 1. The molecule has 0 saturated heterocycles. The van der Waals surface area contributed by atoms with Crippen LogP contribution in [0.4, 0.5) is 10.5 Å². The van der Waals surface area contributed by atoms with Gasteiger partial charge in [-0.2, -0.15) is 11.3 Å². The van der Waals surface area contributed by atoms with Gasteiger partial charge in [0.1, 0.15) is 0 Å². The van der Waals surface area contributed by atoms with E-state index in [1.54, 1.807) is 35.6 Å². The second kappa shape index (κ2) is 7.25. The van der Waals surface area contributed by atoms with Gasteiger partial charge in [0.15, 0.2) is 0 Å². The van der Waals surface area contributed by atoms with Gasteiger partial charge in [0.25, 0.3) is 0 Å². The molecule has 0 spiro atoms. The third-order valence-corrected chi connectivity index (χ3v) is 3.33. The first-order chi connectivity index (χ1) is 10.1. The summed E-state index contributed by atoms with van der Waals surface area (Å²) < 4.78 is 0. The van der Waals surface area contributed by atoms with Gasteiger partial charge in [0.2, 0.25) is 0 Å². The van der Waals surface area contributed by atoms with Crippen LogP contribution in [0, 0.1) is 0 Å². The lowest BCUT2D eigenvalue weighted by Crippen LogP contribution is -2.27. The van der Waals surface area contributed by atoms with E-state index in [4.69, 9.17) is 5.11 Å². The van der Waals surface area contributed by atoms with Crippen molar-refractivity contribution < 1.29 is 14.7 Å². The summed E-state index contributed by atoms with van der Waals surface area (Å²) >= 11 is 1.58. The predicted octanol–water partition coefficient (Wildman–Crippen LogP) is 3.17. The van der Waals surface area contributed by atoms with Gasteiger partial charge >= 0.3 is 12.0 Å². The summed E-state index contributed by atoms with van der Waals surface area (Å²) in [6.07, 6.45) is 2.52. The van der Waals surface area contributed by atoms with Crippen LogP contribution in [0.25, 0.3) is 6.08 Å². The number of urea groups is 1. The fraction of sp³-hybridized carbons (Fsp3) is 0.0667. The highest BCUT2D eigenvalue weighted by atomic mass is 32.1. The van der Waals surface area contributed by atoms with Gasteiger partial charge < -0.3 is 15.7 Å². The van der Waals surface area contributed by atoms with Crippen LogP contribution in [0.1, 0.15) is 11.1 Å². The van der Waals surface area contributed by atoms with Crippen molar-refractivity contribution in [2.24, 2.45) is 0 Å². The van der Waals surface area contributed by atoms with E-state index in [0.29, 0.717) is 17.8 Å². The fourth-order valence-corrected chi connectivity index (χ4v) is 2.31. The quantitative estimate of drug-likeness (QED) is 0.742. The number of nitrogens with one attached hydrogen (secondary N) is 2. The number of carboxylic acid groups (broad SMARTS) is 1. The van der Waals surface area contributed by atoms with Gasteiger partial charge in [-0.05, 0) is 46.2 Å². The molecule has 0 saturated carbocycles. The lowest BCUT2D eigenvalue weighted by molar-refractivity contribution is -0.131. The maximum atomic E-state index is 11.8. The van der Waals surface area contributed by atoms with Crippen molar-refractivity contribution >= 4 is 35.1 Å². The first-order valence-corrected chi connectivity index (χ1v) is 7.15. The van der Waals surface area contributed by atoms with Crippen LogP contribution < -0.4 is 10.6 Å². The minimum Gasteiger partial charge on any atom is -0.478 e. The monoisotopic (exact) mass is 302 g/mol. The molecule has 21 heavy (non-hydrogen) atoms. The van der Waals surface area contributed by atoms with E-state index in [1.807, 2.05) is 16.8 Å². The molecule has 2 rings (SSSR count). The van der Waals surface area contributed by atoms with Crippen LogP contribution in [0.2, 0.25) is 0 Å². The van der Waals surface area contributed by atoms with E-state index in [1.165, 1.54) is 6.08 Å². The second-order valence-corrected chi connectivity index (χ2v) is 5.02. The molecule has 5 nitrogen and oxygen atoms in total. The number of carbonyl (C=O) groups is 2. The number of anilines is 1. The van der Waals surface area contributed by atoms with Crippen LogP contribution in [-0.4, -0.2) is 17.1 Å². The molecule has 0 bridgehead atoms. The molecular formula is C15H14N2O3S. The van der Waals surface area contributed by atoms with Crippen molar-refractivity contribution in [2.45, 2.75) is 6.54 Å². The summed E-state index contributed by atoms with van der Waals surface area (Å²) in [5, 5.41) is 18.0. The molecule has 0 aliphatic heterocycles. The third-order valence-electron chi connectivity index (χ3n) is 2.60. The van der Waals surface area contributed by atoms with E-state index in [9.17, 15) is 9.59 Å². The maximum Gasteiger partial charge on any atom is 0.328 e. The summed E-state index contributed by atoms with van der Waals surface area (Å²) in [7, 11) is 0. The van der Waals surface area contributed by atoms with Crippen LogP contribution >= 0.6 is 11.3 Å². The zero-order chi connectivity index (χ0) is 15.1. The first kappa shape index (κ1) is 14.8. The molecule has 6 heteroatoms. The highest BCUT2D eigenvalue weighted by molar-refractivity contribution is 7.07. The molecule has 1 aromatic carbocycles. The van der Waals surface area contributed by atoms with Gasteiger partial charge in [-0.25, -0.2) is 9.59 Å². The van der Waals surface area contributed by atoms with Crippen molar-refractivity contribution in [3.63, 3.8) is 0 Å². The molecule has 0 radical (unpaired) electrons. The number of benzene rings is 1. The lowest BCUT2D eigenvalue weighted by Gasteiger charge is -2.07. The van der Waals surface area contributed by atoms with Crippen molar-refractivity contribution in [1.82, 2.24) is 5.32 Å². The van der Waals surface area contributed by atoms with E-state index in [0.717, 1.165) is 11.6 Å². The van der Waals surface area contributed by atoms with Crippen LogP contribution in [0.5, 0.6) is 0 Å². The molecule has 108 valence electrons. The zero-order valence-corrected chi connectivity index (χ0v) is 11.9. The third kappa shape index (κ3) is 5.12. The molecule has 2 aromatic rings. The summed E-state index contributed by atoms with van der Waals surface area (Å²) in [5.41, 5.74) is 2.35. The number of thiophene rings is 1. The van der Waals surface area contributed by atoms with Gasteiger partial charge in [0.05, 0.1) is 0 Å². The number of carboxylic acids is 1. The lowest BCUT2D eigenvalue weighted by atomic mass is 10.2. The zero-order valence-electron chi connectivity index (χ0n) is 11.1. The molecule has 1 heterocycles. The van der Waals surface area contributed by atoms with Crippen molar-refractivity contribution in [2.75, 3.05) is 5.32 Å². The van der Waals surface area contributed by atoms with E-state index < -0.39 is 5.97 Å². The Bertz CT molecular complexity index is 651. The molecule has 0 fully saturated rings. The smallest absolute Gasteiger partial charge is 0.328 e. The van der Waals surface area contributed by atoms with Crippen LogP contribution in [0.15, 0.2) is 47.2 Å². The van der Waals surface area contributed by atoms with Gasteiger partial charge in [-0.1, -0.05) is 12.1 Å². The Morgan fingerprint density at radius 3 is 2.86 bits per heavy atom. The first-order valence-electron chi connectivity index (χ1n) is 6.20. The Labute approximate surface area is 125 Å². The minimum atomic E-state index is -1.01. The molecular weight excluding hydrogens is 288 g/mol. The highest BCUT2D eigenvalue weighted by Crippen LogP contribution is 2.12. The van der Waals surface area contributed by atoms with Crippen LogP contribution in [0.3, 0.4) is 0 Å². The van der Waals surface area contributed by atoms with E-state index in [-0.39, 0.29) is 6.03 Å². The minimum absolute atomic E-state index is 0.305. The summed E-state index contributed by atoms with van der Waals surface area (Å²) in [4.78, 5) is 22.2. The van der Waals surface area contributed by atoms with E-state index >= 15 is 0 Å². The number of hydrogen-bond acceptors (Lipinski definition) is 3. The Morgan fingerprint density at radius 1 is 1.29 bits per heavy atom. The Hall–Kier alpha value is -2.60. The normalized spacial score (nSPS) is 10.5. The topological polar surface area (TPSA) is 78.4 Å².